The fourth-order valence-corrected chi connectivity index (χ4v) is 3.04. The molecule has 0 bridgehead atoms. The molecule has 2 atom stereocenters. The molecule has 2 unspecified atom stereocenters. The second-order valence-corrected chi connectivity index (χ2v) is 5.48. The molecule has 2 aliphatic rings. The highest BCUT2D eigenvalue weighted by Gasteiger charge is 2.26. The van der Waals surface area contributed by atoms with Crippen molar-refractivity contribution in [3.05, 3.63) is 17.7 Å². The third-order valence-corrected chi connectivity index (χ3v) is 4.14. The van der Waals surface area contributed by atoms with Crippen LogP contribution in [0.1, 0.15) is 24.8 Å². The average molecular weight is 288 g/mol. The predicted molar refractivity (Wildman–Crippen MR) is 77.6 cm³/mol. The van der Waals surface area contributed by atoms with E-state index in [-0.39, 0.29) is 12.0 Å². The van der Waals surface area contributed by atoms with E-state index < -0.39 is 0 Å². The van der Waals surface area contributed by atoms with Gasteiger partial charge in [0.15, 0.2) is 11.5 Å². The Balaban J connectivity index is 1.72. The largest absolute Gasteiger partial charge is 0.493 e. The first-order valence-electron chi connectivity index (χ1n) is 7.41. The van der Waals surface area contributed by atoms with Crippen LogP contribution in [0.5, 0.6) is 17.2 Å². The second kappa shape index (κ2) is 6.23. The van der Waals surface area contributed by atoms with Crippen molar-refractivity contribution in [1.29, 1.82) is 5.26 Å². The second-order valence-electron chi connectivity index (χ2n) is 5.48. The zero-order valence-corrected chi connectivity index (χ0v) is 12.2. The highest BCUT2D eigenvalue weighted by molar-refractivity contribution is 5.54. The molecule has 1 aliphatic heterocycles. The molecule has 21 heavy (non-hydrogen) atoms. The molecule has 1 heterocycles. The number of methoxy groups -OCH3 is 1. The monoisotopic (exact) mass is 288 g/mol. The fourth-order valence-electron chi connectivity index (χ4n) is 3.04. The molecule has 1 N–H and O–H groups in total. The van der Waals surface area contributed by atoms with Crippen LogP contribution < -0.4 is 19.5 Å². The molecular weight excluding hydrogens is 268 g/mol. The maximum Gasteiger partial charge on any atom is 0.203 e. The van der Waals surface area contributed by atoms with Gasteiger partial charge >= 0.3 is 0 Å². The number of ether oxygens (including phenoxy) is 3. The number of nitriles is 1. The molecule has 1 aromatic rings. The van der Waals surface area contributed by atoms with Crippen LogP contribution >= 0.6 is 0 Å². The van der Waals surface area contributed by atoms with Crippen molar-refractivity contribution >= 4 is 0 Å². The lowest BCUT2D eigenvalue weighted by Gasteiger charge is -2.22. The summed E-state index contributed by atoms with van der Waals surface area (Å²) in [4.78, 5) is 0. The Kier molecular flexibility index (Phi) is 4.16. The number of rotatable bonds is 4. The molecule has 1 fully saturated rings. The van der Waals surface area contributed by atoms with Crippen LogP contribution in [0.25, 0.3) is 0 Å². The molecule has 1 saturated carbocycles. The third-order valence-electron chi connectivity index (χ3n) is 4.14. The first kappa shape index (κ1) is 14.0. The smallest absolute Gasteiger partial charge is 0.203 e. The summed E-state index contributed by atoms with van der Waals surface area (Å²) in [6.07, 6.45) is 3.19. The van der Waals surface area contributed by atoms with Crippen molar-refractivity contribution in [2.75, 3.05) is 20.3 Å². The van der Waals surface area contributed by atoms with Gasteiger partial charge in [0, 0.05) is 12.6 Å². The molecule has 0 radical (unpaired) electrons. The summed E-state index contributed by atoms with van der Waals surface area (Å²) in [6.45, 7) is 1.81. The number of nitrogens with one attached hydrogen (secondary N) is 1. The van der Waals surface area contributed by atoms with E-state index in [1.165, 1.54) is 0 Å². The Morgan fingerprint density at radius 1 is 1.33 bits per heavy atom. The predicted octanol–water partition coefficient (Wildman–Crippen LogP) is 2.25. The van der Waals surface area contributed by atoms with E-state index in [1.54, 1.807) is 7.11 Å². The van der Waals surface area contributed by atoms with Gasteiger partial charge in [0.1, 0.15) is 13.2 Å². The summed E-state index contributed by atoms with van der Waals surface area (Å²) < 4.78 is 16.6. The molecule has 1 aromatic carbocycles. The SMILES string of the molecule is COc1cc(CNC2CCCC2C#N)cc2c1OCCO2. The Morgan fingerprint density at radius 2 is 2.19 bits per heavy atom. The maximum absolute atomic E-state index is 9.13. The number of hydrogen-bond donors (Lipinski definition) is 1. The minimum Gasteiger partial charge on any atom is -0.493 e. The summed E-state index contributed by atoms with van der Waals surface area (Å²) >= 11 is 0. The number of fused-ring (bicyclic) bond motifs is 1. The van der Waals surface area contributed by atoms with E-state index in [9.17, 15) is 0 Å². The molecule has 0 amide bonds. The van der Waals surface area contributed by atoms with Crippen LogP contribution in [0.2, 0.25) is 0 Å². The Morgan fingerprint density at radius 3 is 3.00 bits per heavy atom. The Hall–Kier alpha value is -1.93. The van der Waals surface area contributed by atoms with Gasteiger partial charge in [0.25, 0.3) is 0 Å². The summed E-state index contributed by atoms with van der Waals surface area (Å²) in [7, 11) is 1.63. The van der Waals surface area contributed by atoms with E-state index in [0.29, 0.717) is 31.3 Å². The zero-order valence-electron chi connectivity index (χ0n) is 12.2. The normalized spacial score (nSPS) is 23.6. The van der Waals surface area contributed by atoms with Gasteiger partial charge in [-0.1, -0.05) is 6.42 Å². The lowest BCUT2D eigenvalue weighted by molar-refractivity contribution is 0.165. The van der Waals surface area contributed by atoms with Crippen molar-refractivity contribution in [3.63, 3.8) is 0 Å². The number of benzene rings is 1. The van der Waals surface area contributed by atoms with Crippen LogP contribution in [-0.4, -0.2) is 26.4 Å². The standard InChI is InChI=1S/C16H20N2O3/c1-19-14-7-11(8-15-16(14)21-6-5-20-15)10-18-13-4-2-3-12(13)9-17/h7-8,12-13,18H,2-6,10H2,1H3. The minimum atomic E-state index is 0.129. The molecule has 1 aliphatic carbocycles. The van der Waals surface area contributed by atoms with E-state index in [0.717, 1.165) is 30.6 Å². The molecule has 5 heteroatoms. The van der Waals surface area contributed by atoms with E-state index in [4.69, 9.17) is 19.5 Å². The van der Waals surface area contributed by atoms with Crippen molar-refractivity contribution in [1.82, 2.24) is 5.32 Å². The minimum absolute atomic E-state index is 0.129. The van der Waals surface area contributed by atoms with Gasteiger partial charge < -0.3 is 19.5 Å². The first-order valence-corrected chi connectivity index (χ1v) is 7.41. The Labute approximate surface area is 124 Å². The van der Waals surface area contributed by atoms with Crippen LogP contribution in [0.4, 0.5) is 0 Å². The van der Waals surface area contributed by atoms with Gasteiger partial charge in [0.2, 0.25) is 5.75 Å². The van der Waals surface area contributed by atoms with Crippen LogP contribution in [0.15, 0.2) is 12.1 Å². The lowest BCUT2D eigenvalue weighted by Crippen LogP contribution is -2.31. The first-order chi connectivity index (χ1) is 10.3. The molecular formula is C16H20N2O3. The van der Waals surface area contributed by atoms with Crippen LogP contribution in [0, 0.1) is 17.2 Å². The molecule has 3 rings (SSSR count). The molecule has 0 saturated heterocycles. The quantitative estimate of drug-likeness (QED) is 0.920. The van der Waals surface area contributed by atoms with Gasteiger partial charge in [-0.05, 0) is 30.5 Å². The van der Waals surface area contributed by atoms with Crippen LogP contribution in [-0.2, 0) is 6.54 Å². The number of hydrogen-bond acceptors (Lipinski definition) is 5. The van der Waals surface area contributed by atoms with E-state index in [1.807, 2.05) is 12.1 Å². The lowest BCUT2D eigenvalue weighted by atomic mass is 10.1. The molecule has 0 spiro atoms. The van der Waals surface area contributed by atoms with E-state index in [2.05, 4.69) is 11.4 Å². The zero-order chi connectivity index (χ0) is 14.7. The highest BCUT2D eigenvalue weighted by Crippen LogP contribution is 2.40. The van der Waals surface area contributed by atoms with Crippen molar-refractivity contribution < 1.29 is 14.2 Å². The fraction of sp³-hybridized carbons (Fsp3) is 0.562. The van der Waals surface area contributed by atoms with Crippen molar-refractivity contribution in [2.24, 2.45) is 5.92 Å². The van der Waals surface area contributed by atoms with Crippen molar-refractivity contribution in [3.8, 4) is 23.3 Å². The average Bonchev–Trinajstić information content (AvgIpc) is 2.99. The van der Waals surface area contributed by atoms with E-state index >= 15 is 0 Å². The van der Waals surface area contributed by atoms with Crippen LogP contribution in [0.3, 0.4) is 0 Å². The molecule has 112 valence electrons. The van der Waals surface area contributed by atoms with Gasteiger partial charge in [-0.3, -0.25) is 0 Å². The van der Waals surface area contributed by atoms with Gasteiger partial charge in [-0.2, -0.15) is 5.26 Å². The summed E-state index contributed by atoms with van der Waals surface area (Å²) in [5.74, 6) is 2.25. The summed E-state index contributed by atoms with van der Waals surface area (Å²) in [6, 6.07) is 6.63. The summed E-state index contributed by atoms with van der Waals surface area (Å²) in [5, 5.41) is 12.6. The highest BCUT2D eigenvalue weighted by atomic mass is 16.6. The Bertz CT molecular complexity index is 536. The van der Waals surface area contributed by atoms with Crippen molar-refractivity contribution in [2.45, 2.75) is 31.8 Å². The molecule has 0 aromatic heterocycles. The maximum atomic E-state index is 9.13. The van der Waals surface area contributed by atoms with Gasteiger partial charge in [-0.25, -0.2) is 0 Å². The third kappa shape index (κ3) is 2.91. The van der Waals surface area contributed by atoms with Gasteiger partial charge in [-0.15, -0.1) is 0 Å². The summed E-state index contributed by atoms with van der Waals surface area (Å²) in [5.41, 5.74) is 1.08. The number of nitrogens with zero attached hydrogens (tertiary/aromatic N) is 1. The van der Waals surface area contributed by atoms with Gasteiger partial charge in [0.05, 0.1) is 19.1 Å². The molecule has 5 nitrogen and oxygen atoms in total. The topological polar surface area (TPSA) is 63.5 Å².